The minimum Gasteiger partial charge on any atom is -0.493 e. The van der Waals surface area contributed by atoms with Crippen molar-refractivity contribution in [3.05, 3.63) is 23.8 Å². The third kappa shape index (κ3) is 2.49. The molecule has 1 fully saturated rings. The molecule has 1 aromatic carbocycles. The third-order valence-corrected chi connectivity index (χ3v) is 4.29. The summed E-state index contributed by atoms with van der Waals surface area (Å²) in [5.74, 6) is 0.739. The molecular formula is C16H19NO5. The van der Waals surface area contributed by atoms with Crippen LogP contribution in [0, 0.1) is 5.92 Å². The zero-order valence-electron chi connectivity index (χ0n) is 12.7. The molecule has 6 heteroatoms. The van der Waals surface area contributed by atoms with Crippen LogP contribution in [-0.4, -0.2) is 50.2 Å². The van der Waals surface area contributed by atoms with E-state index in [0.717, 1.165) is 11.3 Å². The standard InChI is InChI=1S/C16H19NO5/c1-20-13-5-3-4-10-6-12(9-22-15(10)13)17-8-11(7-14(17)18)16(19)21-2/h3-5,11-12H,6-9H2,1-2H3. The van der Waals surface area contributed by atoms with Crippen LogP contribution in [0.15, 0.2) is 18.2 Å². The number of nitrogens with zero attached hydrogens (tertiary/aromatic N) is 1. The lowest BCUT2D eigenvalue weighted by atomic mass is 10.0. The molecule has 0 bridgehead atoms. The fraction of sp³-hybridized carbons (Fsp3) is 0.500. The summed E-state index contributed by atoms with van der Waals surface area (Å²) in [7, 11) is 2.96. The fourth-order valence-corrected chi connectivity index (χ4v) is 3.15. The third-order valence-electron chi connectivity index (χ3n) is 4.29. The van der Waals surface area contributed by atoms with Crippen molar-refractivity contribution < 1.29 is 23.8 Å². The number of para-hydroxylation sites is 1. The number of carbonyl (C=O) groups is 2. The molecule has 2 unspecified atom stereocenters. The maximum atomic E-state index is 12.2. The van der Waals surface area contributed by atoms with E-state index in [1.54, 1.807) is 12.0 Å². The van der Waals surface area contributed by atoms with Gasteiger partial charge in [0, 0.05) is 18.5 Å². The van der Waals surface area contributed by atoms with E-state index in [4.69, 9.17) is 14.2 Å². The van der Waals surface area contributed by atoms with Crippen LogP contribution in [0.2, 0.25) is 0 Å². The van der Waals surface area contributed by atoms with Crippen LogP contribution in [0.3, 0.4) is 0 Å². The molecule has 2 atom stereocenters. The smallest absolute Gasteiger partial charge is 0.310 e. The van der Waals surface area contributed by atoms with E-state index in [1.807, 2.05) is 18.2 Å². The summed E-state index contributed by atoms with van der Waals surface area (Å²) in [6, 6.07) is 5.68. The van der Waals surface area contributed by atoms with Gasteiger partial charge in [0.1, 0.15) is 6.61 Å². The first-order chi connectivity index (χ1) is 10.6. The highest BCUT2D eigenvalue weighted by Crippen LogP contribution is 2.36. The minimum atomic E-state index is -0.371. The number of fused-ring (bicyclic) bond motifs is 1. The van der Waals surface area contributed by atoms with Gasteiger partial charge in [0.05, 0.1) is 26.2 Å². The first-order valence-electron chi connectivity index (χ1n) is 7.30. The highest BCUT2D eigenvalue weighted by Gasteiger charge is 2.40. The first kappa shape index (κ1) is 14.7. The van der Waals surface area contributed by atoms with Gasteiger partial charge in [0.25, 0.3) is 0 Å². The van der Waals surface area contributed by atoms with Crippen molar-refractivity contribution >= 4 is 11.9 Å². The van der Waals surface area contributed by atoms with Gasteiger partial charge in [-0.1, -0.05) is 12.1 Å². The molecule has 0 spiro atoms. The summed E-state index contributed by atoms with van der Waals surface area (Å²) in [5, 5.41) is 0. The number of esters is 1. The highest BCUT2D eigenvalue weighted by atomic mass is 16.5. The van der Waals surface area contributed by atoms with Crippen LogP contribution in [0.25, 0.3) is 0 Å². The van der Waals surface area contributed by atoms with E-state index >= 15 is 0 Å². The van der Waals surface area contributed by atoms with E-state index in [-0.39, 0.29) is 30.3 Å². The Hall–Kier alpha value is -2.24. The second-order valence-electron chi connectivity index (χ2n) is 5.59. The van der Waals surface area contributed by atoms with Crippen molar-refractivity contribution in [2.24, 2.45) is 5.92 Å². The molecule has 0 N–H and O–H groups in total. The number of hydrogen-bond acceptors (Lipinski definition) is 5. The van der Waals surface area contributed by atoms with Crippen molar-refractivity contribution in [1.82, 2.24) is 4.90 Å². The first-order valence-corrected chi connectivity index (χ1v) is 7.30. The van der Waals surface area contributed by atoms with Gasteiger partial charge in [0.15, 0.2) is 11.5 Å². The largest absolute Gasteiger partial charge is 0.493 e. The number of rotatable bonds is 3. The quantitative estimate of drug-likeness (QED) is 0.780. The van der Waals surface area contributed by atoms with E-state index in [2.05, 4.69) is 0 Å². The van der Waals surface area contributed by atoms with Crippen molar-refractivity contribution in [2.75, 3.05) is 27.4 Å². The van der Waals surface area contributed by atoms with Crippen LogP contribution in [0.5, 0.6) is 11.5 Å². The molecule has 1 saturated heterocycles. The normalized spacial score (nSPS) is 23.7. The lowest BCUT2D eigenvalue weighted by molar-refractivity contribution is -0.145. The maximum absolute atomic E-state index is 12.2. The van der Waals surface area contributed by atoms with Gasteiger partial charge in [-0.3, -0.25) is 9.59 Å². The van der Waals surface area contributed by atoms with Crippen LogP contribution < -0.4 is 9.47 Å². The average molecular weight is 305 g/mol. The molecule has 2 aliphatic rings. The molecule has 0 aromatic heterocycles. The number of hydrogen-bond donors (Lipinski definition) is 0. The Kier molecular flexibility index (Phi) is 3.92. The molecular weight excluding hydrogens is 286 g/mol. The van der Waals surface area contributed by atoms with E-state index in [0.29, 0.717) is 25.3 Å². The molecule has 0 aliphatic carbocycles. The molecule has 2 heterocycles. The van der Waals surface area contributed by atoms with Gasteiger partial charge in [-0.05, 0) is 12.5 Å². The second-order valence-corrected chi connectivity index (χ2v) is 5.59. The number of carbonyl (C=O) groups excluding carboxylic acids is 2. The van der Waals surface area contributed by atoms with Gasteiger partial charge in [0.2, 0.25) is 5.91 Å². The fourth-order valence-electron chi connectivity index (χ4n) is 3.15. The van der Waals surface area contributed by atoms with Crippen LogP contribution >= 0.6 is 0 Å². The Morgan fingerprint density at radius 2 is 2.14 bits per heavy atom. The Labute approximate surface area is 128 Å². The summed E-state index contributed by atoms with van der Waals surface area (Å²) < 4.78 is 15.8. The van der Waals surface area contributed by atoms with Gasteiger partial charge < -0.3 is 19.1 Å². The second kappa shape index (κ2) is 5.87. The van der Waals surface area contributed by atoms with Crippen LogP contribution in [-0.2, 0) is 20.7 Å². The van der Waals surface area contributed by atoms with Crippen LogP contribution in [0.1, 0.15) is 12.0 Å². The minimum absolute atomic E-state index is 0.0182. The molecule has 3 rings (SSSR count). The van der Waals surface area contributed by atoms with Gasteiger partial charge in [-0.25, -0.2) is 0 Å². The number of ether oxygens (including phenoxy) is 3. The van der Waals surface area contributed by atoms with Gasteiger partial charge in [-0.2, -0.15) is 0 Å². The van der Waals surface area contributed by atoms with Gasteiger partial charge >= 0.3 is 5.97 Å². The SMILES string of the molecule is COC(=O)C1CC(=O)N(C2COc3c(cccc3OC)C2)C1. The van der Waals surface area contributed by atoms with E-state index < -0.39 is 0 Å². The number of amides is 1. The highest BCUT2D eigenvalue weighted by molar-refractivity contribution is 5.87. The van der Waals surface area contributed by atoms with Crippen molar-refractivity contribution in [1.29, 1.82) is 0 Å². The molecule has 22 heavy (non-hydrogen) atoms. The number of likely N-dealkylation sites (tertiary alicyclic amines) is 1. The molecule has 0 radical (unpaired) electrons. The Morgan fingerprint density at radius 1 is 1.32 bits per heavy atom. The summed E-state index contributed by atoms with van der Waals surface area (Å²) in [4.78, 5) is 25.5. The number of methoxy groups -OCH3 is 2. The lowest BCUT2D eigenvalue weighted by Gasteiger charge is -2.33. The zero-order valence-corrected chi connectivity index (χ0v) is 12.7. The molecule has 0 saturated carbocycles. The monoisotopic (exact) mass is 305 g/mol. The van der Waals surface area contributed by atoms with Gasteiger partial charge in [-0.15, -0.1) is 0 Å². The van der Waals surface area contributed by atoms with Crippen LogP contribution in [0.4, 0.5) is 0 Å². The predicted octanol–water partition coefficient (Wildman–Crippen LogP) is 1.02. The lowest BCUT2D eigenvalue weighted by Crippen LogP contribution is -2.44. The Bertz CT molecular complexity index is 600. The zero-order chi connectivity index (χ0) is 15.7. The van der Waals surface area contributed by atoms with E-state index in [1.165, 1.54) is 7.11 Å². The van der Waals surface area contributed by atoms with E-state index in [9.17, 15) is 9.59 Å². The average Bonchev–Trinajstić information content (AvgIpc) is 2.94. The molecule has 1 aromatic rings. The van der Waals surface area contributed by atoms with Crippen molar-refractivity contribution in [2.45, 2.75) is 18.9 Å². The Morgan fingerprint density at radius 3 is 2.86 bits per heavy atom. The molecule has 2 aliphatic heterocycles. The number of benzene rings is 1. The molecule has 6 nitrogen and oxygen atoms in total. The molecule has 1 amide bonds. The summed E-state index contributed by atoms with van der Waals surface area (Å²) >= 11 is 0. The van der Waals surface area contributed by atoms with Crippen molar-refractivity contribution in [3.8, 4) is 11.5 Å². The summed E-state index contributed by atoms with van der Waals surface area (Å²) in [5.41, 5.74) is 1.02. The predicted molar refractivity (Wildman–Crippen MR) is 77.8 cm³/mol. The molecule has 118 valence electrons. The van der Waals surface area contributed by atoms with Crippen molar-refractivity contribution in [3.63, 3.8) is 0 Å². The summed E-state index contributed by atoms with van der Waals surface area (Å²) in [6.45, 7) is 0.811. The summed E-state index contributed by atoms with van der Waals surface area (Å²) in [6.07, 6.45) is 0.917. The Balaban J connectivity index is 1.75. The maximum Gasteiger partial charge on any atom is 0.310 e. The topological polar surface area (TPSA) is 65.1 Å².